The molecule has 0 spiro atoms. The minimum absolute atomic E-state index is 0.00858. The summed E-state index contributed by atoms with van der Waals surface area (Å²) in [5, 5.41) is 0. The van der Waals surface area contributed by atoms with Gasteiger partial charge < -0.3 is 15.2 Å². The number of nitrogens with two attached hydrogens (primary N) is 1. The number of hydrogen-bond acceptors (Lipinski definition) is 6. The third-order valence-electron chi connectivity index (χ3n) is 2.74. The molecular weight excluding hydrogens is 286 g/mol. The van der Waals surface area contributed by atoms with Crippen LogP contribution in [0.5, 0.6) is 0 Å². The summed E-state index contributed by atoms with van der Waals surface area (Å²) in [6.45, 7) is 5.76. The van der Waals surface area contributed by atoms with Crippen molar-refractivity contribution in [1.82, 2.24) is 4.98 Å². The molecule has 7 nitrogen and oxygen atoms in total. The monoisotopic (exact) mass is 309 g/mol. The van der Waals surface area contributed by atoms with Crippen LogP contribution >= 0.6 is 0 Å². The summed E-state index contributed by atoms with van der Waals surface area (Å²) in [5.41, 5.74) is 6.04. The summed E-state index contributed by atoms with van der Waals surface area (Å²) in [7, 11) is 1.56. The molecule has 0 saturated heterocycles. The van der Waals surface area contributed by atoms with E-state index < -0.39 is 18.1 Å². The fraction of sp³-hybridized carbons (Fsp3) is 0.533. The van der Waals surface area contributed by atoms with Crippen LogP contribution in [-0.2, 0) is 20.9 Å². The molecule has 0 aliphatic carbocycles. The van der Waals surface area contributed by atoms with Gasteiger partial charge in [0.15, 0.2) is 0 Å². The number of ether oxygens (including phenoxy) is 2. The van der Waals surface area contributed by atoms with Crippen LogP contribution in [-0.4, -0.2) is 36.7 Å². The van der Waals surface area contributed by atoms with Crippen LogP contribution < -0.4 is 10.6 Å². The van der Waals surface area contributed by atoms with Gasteiger partial charge in [-0.3, -0.25) is 9.69 Å². The Morgan fingerprint density at radius 3 is 2.59 bits per heavy atom. The lowest BCUT2D eigenvalue weighted by Gasteiger charge is -2.19. The summed E-state index contributed by atoms with van der Waals surface area (Å²) < 4.78 is 10.2. The summed E-state index contributed by atoms with van der Waals surface area (Å²) in [6, 6.07) is 2.73. The topological polar surface area (TPSA) is 94.7 Å². The minimum Gasteiger partial charge on any atom is -0.460 e. The lowest BCUT2D eigenvalue weighted by atomic mass is 10.2. The van der Waals surface area contributed by atoms with Gasteiger partial charge in [0.1, 0.15) is 18.5 Å². The van der Waals surface area contributed by atoms with E-state index in [-0.39, 0.29) is 12.5 Å². The quantitative estimate of drug-likeness (QED) is 0.804. The molecule has 1 amide bonds. The number of anilines is 1. The molecule has 1 unspecified atom stereocenters. The van der Waals surface area contributed by atoms with E-state index in [9.17, 15) is 9.59 Å². The highest BCUT2D eigenvalue weighted by Crippen LogP contribution is 2.18. The Labute approximate surface area is 130 Å². The van der Waals surface area contributed by atoms with Gasteiger partial charge in [-0.1, -0.05) is 19.9 Å². The smallest absolute Gasteiger partial charge is 0.415 e. The van der Waals surface area contributed by atoms with Crippen molar-refractivity contribution in [3.63, 3.8) is 0 Å². The number of esters is 1. The van der Waals surface area contributed by atoms with Crippen molar-refractivity contribution in [3.8, 4) is 0 Å². The molecule has 0 aliphatic rings. The second-order valence-corrected chi connectivity index (χ2v) is 5.41. The lowest BCUT2D eigenvalue weighted by Crippen LogP contribution is -2.31. The number of amides is 1. The third kappa shape index (κ3) is 5.33. The van der Waals surface area contributed by atoms with Crippen LogP contribution in [0.2, 0.25) is 0 Å². The fourth-order valence-corrected chi connectivity index (χ4v) is 1.55. The van der Waals surface area contributed by atoms with Crippen molar-refractivity contribution < 1.29 is 19.1 Å². The predicted molar refractivity (Wildman–Crippen MR) is 82.3 cm³/mol. The predicted octanol–water partition coefficient (Wildman–Crippen LogP) is 1.70. The average Bonchev–Trinajstić information content (AvgIpc) is 2.49. The Bertz CT molecular complexity index is 517. The first kappa shape index (κ1) is 17.9. The molecule has 0 fully saturated rings. The van der Waals surface area contributed by atoms with Crippen LogP contribution in [0.4, 0.5) is 10.6 Å². The molecule has 22 heavy (non-hydrogen) atoms. The van der Waals surface area contributed by atoms with E-state index in [2.05, 4.69) is 4.98 Å². The van der Waals surface area contributed by atoms with Crippen molar-refractivity contribution in [3.05, 3.63) is 23.9 Å². The fourth-order valence-electron chi connectivity index (χ4n) is 1.55. The Balaban J connectivity index is 2.77. The van der Waals surface area contributed by atoms with E-state index in [1.165, 1.54) is 4.90 Å². The summed E-state index contributed by atoms with van der Waals surface area (Å²) in [4.78, 5) is 28.9. The zero-order chi connectivity index (χ0) is 16.7. The van der Waals surface area contributed by atoms with Gasteiger partial charge in [0.05, 0.1) is 6.61 Å². The highest BCUT2D eigenvalue weighted by Gasteiger charge is 2.18. The summed E-state index contributed by atoms with van der Waals surface area (Å²) in [6.07, 6.45) is 1.05. The van der Waals surface area contributed by atoms with Gasteiger partial charge >= 0.3 is 12.1 Å². The van der Waals surface area contributed by atoms with Gasteiger partial charge in [-0.05, 0) is 18.9 Å². The lowest BCUT2D eigenvalue weighted by molar-refractivity contribution is -0.146. The molecular formula is C15H23N3O4. The van der Waals surface area contributed by atoms with Crippen molar-refractivity contribution in [2.24, 2.45) is 11.7 Å². The molecule has 0 bridgehead atoms. The highest BCUT2D eigenvalue weighted by atomic mass is 16.6. The first-order valence-electron chi connectivity index (χ1n) is 7.09. The second-order valence-electron chi connectivity index (χ2n) is 5.41. The first-order valence-corrected chi connectivity index (χ1v) is 7.09. The Morgan fingerprint density at radius 1 is 1.32 bits per heavy atom. The Hall–Kier alpha value is -2.15. The maximum atomic E-state index is 12.0. The number of hydrogen-bond donors (Lipinski definition) is 1. The normalized spacial score (nSPS) is 11.9. The SMILES string of the molecule is CC(C)COC(=O)N(C)c1ncccc1COC(=O)C(C)N. The molecule has 1 rings (SSSR count). The van der Waals surface area contributed by atoms with Crippen molar-refractivity contribution in [2.45, 2.75) is 33.4 Å². The number of carbonyl (C=O) groups is 2. The molecule has 0 aromatic carbocycles. The maximum absolute atomic E-state index is 12.0. The highest BCUT2D eigenvalue weighted by molar-refractivity contribution is 5.86. The van der Waals surface area contributed by atoms with Gasteiger partial charge in [-0.25, -0.2) is 9.78 Å². The third-order valence-corrected chi connectivity index (χ3v) is 2.74. The zero-order valence-corrected chi connectivity index (χ0v) is 13.4. The first-order chi connectivity index (χ1) is 10.3. The minimum atomic E-state index is -0.700. The molecule has 0 aliphatic heterocycles. The van der Waals surface area contributed by atoms with Gasteiger partial charge in [0, 0.05) is 18.8 Å². The van der Waals surface area contributed by atoms with Crippen LogP contribution in [0.3, 0.4) is 0 Å². The molecule has 2 N–H and O–H groups in total. The van der Waals surface area contributed by atoms with E-state index in [0.717, 1.165) is 0 Å². The summed E-state index contributed by atoms with van der Waals surface area (Å²) >= 11 is 0. The number of carbonyl (C=O) groups excluding carboxylic acids is 2. The van der Waals surface area contributed by atoms with E-state index in [0.29, 0.717) is 18.0 Å². The number of pyridine rings is 1. The average molecular weight is 309 g/mol. The van der Waals surface area contributed by atoms with Gasteiger partial charge in [-0.2, -0.15) is 0 Å². The van der Waals surface area contributed by atoms with Crippen LogP contribution in [0.15, 0.2) is 18.3 Å². The molecule has 1 aromatic heterocycles. The van der Waals surface area contributed by atoms with Crippen LogP contribution in [0, 0.1) is 5.92 Å². The largest absolute Gasteiger partial charge is 0.460 e. The van der Waals surface area contributed by atoms with E-state index in [1.807, 2.05) is 13.8 Å². The van der Waals surface area contributed by atoms with Crippen molar-refractivity contribution in [1.29, 1.82) is 0 Å². The van der Waals surface area contributed by atoms with E-state index in [1.54, 1.807) is 32.3 Å². The number of rotatable bonds is 6. The zero-order valence-electron chi connectivity index (χ0n) is 13.4. The van der Waals surface area contributed by atoms with Crippen LogP contribution in [0.1, 0.15) is 26.3 Å². The molecule has 7 heteroatoms. The second kappa shape index (κ2) is 8.33. The van der Waals surface area contributed by atoms with Gasteiger partial charge in [0.2, 0.25) is 0 Å². The molecule has 1 atom stereocenters. The number of aromatic nitrogens is 1. The number of nitrogens with zero attached hydrogens (tertiary/aromatic N) is 2. The van der Waals surface area contributed by atoms with E-state index in [4.69, 9.17) is 15.2 Å². The molecule has 1 heterocycles. The maximum Gasteiger partial charge on any atom is 0.415 e. The van der Waals surface area contributed by atoms with Crippen molar-refractivity contribution in [2.75, 3.05) is 18.6 Å². The molecule has 0 saturated carbocycles. The molecule has 0 radical (unpaired) electrons. The summed E-state index contributed by atoms with van der Waals surface area (Å²) in [5.74, 6) is 0.112. The Morgan fingerprint density at radius 2 is 2.00 bits per heavy atom. The van der Waals surface area contributed by atoms with E-state index >= 15 is 0 Å². The Kier molecular flexibility index (Phi) is 6.78. The van der Waals surface area contributed by atoms with Gasteiger partial charge in [-0.15, -0.1) is 0 Å². The van der Waals surface area contributed by atoms with Crippen LogP contribution in [0.25, 0.3) is 0 Å². The van der Waals surface area contributed by atoms with Crippen molar-refractivity contribution >= 4 is 17.9 Å². The van der Waals surface area contributed by atoms with Gasteiger partial charge in [0.25, 0.3) is 0 Å². The standard InChI is InChI=1S/C15H23N3O4/c1-10(2)8-22-15(20)18(4)13-12(6-5-7-17-13)9-21-14(19)11(3)16/h5-7,10-11H,8-9,16H2,1-4H3. The molecule has 122 valence electrons. The molecule has 1 aromatic rings.